The molecule has 2 aliphatic heterocycles. The summed E-state index contributed by atoms with van der Waals surface area (Å²) in [4.78, 5) is 30.8. The molecule has 0 aliphatic carbocycles. The van der Waals surface area contributed by atoms with Crippen LogP contribution in [0.1, 0.15) is 6.42 Å². The van der Waals surface area contributed by atoms with Gasteiger partial charge in [0.2, 0.25) is 5.95 Å². The maximum absolute atomic E-state index is 12.5. The van der Waals surface area contributed by atoms with Crippen LogP contribution in [0.4, 0.5) is 17.5 Å². The van der Waals surface area contributed by atoms with E-state index in [2.05, 4.69) is 42.4 Å². The van der Waals surface area contributed by atoms with Gasteiger partial charge in [-0.25, -0.2) is 9.97 Å². The summed E-state index contributed by atoms with van der Waals surface area (Å²) in [5.74, 6) is 2.08. The van der Waals surface area contributed by atoms with E-state index in [-0.39, 0.29) is 5.56 Å². The summed E-state index contributed by atoms with van der Waals surface area (Å²) in [5.41, 5.74) is 1.46. The summed E-state index contributed by atoms with van der Waals surface area (Å²) >= 11 is 0. The van der Waals surface area contributed by atoms with Crippen molar-refractivity contribution in [3.8, 4) is 0 Å². The smallest absolute Gasteiger partial charge is 0.252 e. The third kappa shape index (κ3) is 4.38. The van der Waals surface area contributed by atoms with Crippen LogP contribution in [0.3, 0.4) is 0 Å². The minimum Gasteiger partial charge on any atom is -0.354 e. The molecule has 0 aromatic carbocycles. The second-order valence-electron chi connectivity index (χ2n) is 8.43. The number of piperazine rings is 1. The number of rotatable bonds is 6. The van der Waals surface area contributed by atoms with Gasteiger partial charge in [0.25, 0.3) is 5.56 Å². The Labute approximate surface area is 181 Å². The van der Waals surface area contributed by atoms with Gasteiger partial charge in [-0.05, 0) is 50.7 Å². The average molecular weight is 421 g/mol. The van der Waals surface area contributed by atoms with E-state index in [0.29, 0.717) is 24.1 Å². The first-order valence-electron chi connectivity index (χ1n) is 10.9. The van der Waals surface area contributed by atoms with Crippen molar-refractivity contribution in [1.29, 1.82) is 0 Å². The van der Waals surface area contributed by atoms with Crippen molar-refractivity contribution < 1.29 is 0 Å². The first kappa shape index (κ1) is 19.9. The Bertz CT molecular complexity index is 1100. The summed E-state index contributed by atoms with van der Waals surface area (Å²) in [6, 6.07) is 7.40. The number of nitrogens with zero attached hydrogens (tertiary/aromatic N) is 6. The number of nitrogens with one attached hydrogen (secondary N) is 2. The highest BCUT2D eigenvalue weighted by Gasteiger charge is 2.18. The molecule has 2 saturated heterocycles. The zero-order chi connectivity index (χ0) is 21.2. The molecular weight excluding hydrogens is 392 g/mol. The van der Waals surface area contributed by atoms with Crippen molar-refractivity contribution in [2.45, 2.75) is 13.0 Å². The lowest BCUT2D eigenvalue weighted by atomic mass is 9.99. The molecule has 0 radical (unpaired) electrons. The SMILES string of the molecule is CN1CCN(c2ccc(Nc3ncc4ccc(=O)n(CCC5CNC5)c4n3)cn2)CC1. The average Bonchev–Trinajstić information content (AvgIpc) is 2.75. The minimum absolute atomic E-state index is 0.0253. The Kier molecular flexibility index (Phi) is 5.52. The van der Waals surface area contributed by atoms with Gasteiger partial charge in [-0.15, -0.1) is 0 Å². The van der Waals surface area contributed by atoms with Crippen molar-refractivity contribution in [1.82, 2.24) is 29.7 Å². The van der Waals surface area contributed by atoms with Crippen LogP contribution < -0.4 is 21.1 Å². The predicted octanol–water partition coefficient (Wildman–Crippen LogP) is 1.29. The fourth-order valence-corrected chi connectivity index (χ4v) is 4.02. The number of anilines is 3. The van der Waals surface area contributed by atoms with Gasteiger partial charge in [-0.3, -0.25) is 9.36 Å². The number of aromatic nitrogens is 4. The Morgan fingerprint density at radius 1 is 1.06 bits per heavy atom. The lowest BCUT2D eigenvalue weighted by Crippen LogP contribution is -2.44. The van der Waals surface area contributed by atoms with Crippen LogP contribution in [-0.4, -0.2) is 70.7 Å². The summed E-state index contributed by atoms with van der Waals surface area (Å²) in [6.07, 6.45) is 4.54. The predicted molar refractivity (Wildman–Crippen MR) is 122 cm³/mol. The van der Waals surface area contributed by atoms with E-state index in [1.54, 1.807) is 22.9 Å². The standard InChI is InChI=1S/C22H28N8O/c1-28-8-10-29(11-9-28)19-4-3-18(15-24-19)26-22-25-14-17-2-5-20(31)30(21(17)27-22)7-6-16-12-23-13-16/h2-5,14-16,23H,6-13H2,1H3,(H,25,26,27). The topological polar surface area (TPSA) is 91.2 Å². The van der Waals surface area contributed by atoms with Crippen LogP contribution >= 0.6 is 0 Å². The third-order valence-corrected chi connectivity index (χ3v) is 6.18. The van der Waals surface area contributed by atoms with Gasteiger partial charge in [0.1, 0.15) is 11.5 Å². The molecule has 0 saturated carbocycles. The van der Waals surface area contributed by atoms with Crippen molar-refractivity contribution in [2.24, 2.45) is 5.92 Å². The number of likely N-dealkylation sites (N-methyl/N-ethyl adjacent to an activating group) is 1. The number of hydrogen-bond donors (Lipinski definition) is 2. The zero-order valence-electron chi connectivity index (χ0n) is 17.8. The first-order chi connectivity index (χ1) is 15.2. The molecule has 0 unspecified atom stereocenters. The molecule has 0 amide bonds. The molecule has 9 nitrogen and oxygen atoms in total. The molecule has 2 aliphatic rings. The van der Waals surface area contributed by atoms with Crippen molar-refractivity contribution in [3.63, 3.8) is 0 Å². The highest BCUT2D eigenvalue weighted by molar-refractivity contribution is 5.75. The van der Waals surface area contributed by atoms with E-state index in [1.165, 1.54) is 0 Å². The van der Waals surface area contributed by atoms with E-state index in [4.69, 9.17) is 0 Å². The van der Waals surface area contributed by atoms with Gasteiger partial charge in [-0.1, -0.05) is 0 Å². The van der Waals surface area contributed by atoms with Crippen LogP contribution in [0, 0.1) is 5.92 Å². The van der Waals surface area contributed by atoms with E-state index in [1.807, 2.05) is 18.3 Å². The van der Waals surface area contributed by atoms with Crippen LogP contribution in [0.2, 0.25) is 0 Å². The molecule has 3 aromatic rings. The maximum Gasteiger partial charge on any atom is 0.252 e. The molecule has 2 N–H and O–H groups in total. The van der Waals surface area contributed by atoms with Crippen LogP contribution in [0.15, 0.2) is 41.5 Å². The summed E-state index contributed by atoms with van der Waals surface area (Å²) < 4.78 is 1.76. The zero-order valence-corrected chi connectivity index (χ0v) is 17.8. The molecule has 3 aromatic heterocycles. The molecule has 0 atom stereocenters. The summed E-state index contributed by atoms with van der Waals surface area (Å²) in [7, 11) is 2.14. The number of hydrogen-bond acceptors (Lipinski definition) is 8. The van der Waals surface area contributed by atoms with E-state index >= 15 is 0 Å². The van der Waals surface area contributed by atoms with E-state index in [0.717, 1.165) is 62.6 Å². The van der Waals surface area contributed by atoms with Gasteiger partial charge >= 0.3 is 0 Å². The van der Waals surface area contributed by atoms with Crippen molar-refractivity contribution in [2.75, 3.05) is 56.5 Å². The molecule has 162 valence electrons. The summed E-state index contributed by atoms with van der Waals surface area (Å²) in [5, 5.41) is 7.37. The minimum atomic E-state index is -0.0253. The molecule has 5 heterocycles. The van der Waals surface area contributed by atoms with Gasteiger partial charge in [0.05, 0.1) is 11.9 Å². The molecule has 2 fully saturated rings. The summed E-state index contributed by atoms with van der Waals surface area (Å²) in [6.45, 7) is 6.78. The number of pyridine rings is 2. The van der Waals surface area contributed by atoms with E-state index in [9.17, 15) is 4.79 Å². The normalized spacial score (nSPS) is 17.6. The van der Waals surface area contributed by atoms with Gasteiger partial charge in [0.15, 0.2) is 0 Å². The maximum atomic E-state index is 12.5. The monoisotopic (exact) mass is 420 g/mol. The molecule has 0 spiro atoms. The van der Waals surface area contributed by atoms with Gasteiger partial charge < -0.3 is 20.4 Å². The van der Waals surface area contributed by atoms with Crippen molar-refractivity contribution in [3.05, 3.63) is 47.0 Å². The Morgan fingerprint density at radius 3 is 2.61 bits per heavy atom. The second-order valence-corrected chi connectivity index (χ2v) is 8.43. The fraction of sp³-hybridized carbons (Fsp3) is 0.455. The number of fused-ring (bicyclic) bond motifs is 1. The molecule has 0 bridgehead atoms. The molecule has 9 heteroatoms. The molecule has 5 rings (SSSR count). The second kappa shape index (κ2) is 8.60. The highest BCUT2D eigenvalue weighted by Crippen LogP contribution is 2.19. The van der Waals surface area contributed by atoms with E-state index < -0.39 is 0 Å². The largest absolute Gasteiger partial charge is 0.354 e. The third-order valence-electron chi connectivity index (χ3n) is 6.18. The van der Waals surface area contributed by atoms with Crippen LogP contribution in [0.25, 0.3) is 11.0 Å². The van der Waals surface area contributed by atoms with Crippen LogP contribution in [0.5, 0.6) is 0 Å². The van der Waals surface area contributed by atoms with Gasteiger partial charge in [-0.2, -0.15) is 4.98 Å². The van der Waals surface area contributed by atoms with Gasteiger partial charge in [0, 0.05) is 50.4 Å². The highest BCUT2D eigenvalue weighted by atomic mass is 16.1. The van der Waals surface area contributed by atoms with Crippen molar-refractivity contribution >= 4 is 28.5 Å². The molecule has 31 heavy (non-hydrogen) atoms. The quantitative estimate of drug-likeness (QED) is 0.617. The lowest BCUT2D eigenvalue weighted by Gasteiger charge is -2.33. The Hall–Kier alpha value is -3.04. The fourth-order valence-electron chi connectivity index (χ4n) is 4.02. The Morgan fingerprint density at radius 2 is 1.90 bits per heavy atom. The molecular formula is C22H28N8O. The number of aryl methyl sites for hydroxylation is 1. The first-order valence-corrected chi connectivity index (χ1v) is 10.9. The van der Waals surface area contributed by atoms with Crippen LogP contribution in [-0.2, 0) is 6.54 Å². The lowest BCUT2D eigenvalue weighted by molar-refractivity contribution is 0.312. The Balaban J connectivity index is 1.33.